The fourth-order valence-electron chi connectivity index (χ4n) is 4.14. The Balaban J connectivity index is 1.35. The first-order chi connectivity index (χ1) is 19.4. The number of ether oxygens (including phenoxy) is 1. The van der Waals surface area contributed by atoms with E-state index in [0.29, 0.717) is 50.6 Å². The topological polar surface area (TPSA) is 118 Å². The van der Waals surface area contributed by atoms with Crippen LogP contribution in [0.2, 0.25) is 10.0 Å². The number of aromatic nitrogens is 3. The number of benzene rings is 2. The van der Waals surface area contributed by atoms with Crippen molar-refractivity contribution in [3.05, 3.63) is 119 Å². The van der Waals surface area contributed by atoms with E-state index in [1.165, 1.54) is 0 Å². The van der Waals surface area contributed by atoms with Crippen LogP contribution in [0.5, 0.6) is 5.75 Å². The third-order valence-corrected chi connectivity index (χ3v) is 6.65. The second-order valence-corrected chi connectivity index (χ2v) is 9.59. The molecule has 1 atom stereocenters. The van der Waals surface area contributed by atoms with Crippen molar-refractivity contribution in [3.8, 4) is 17.1 Å². The van der Waals surface area contributed by atoms with Crippen molar-refractivity contribution in [1.82, 2.24) is 19.9 Å². The van der Waals surface area contributed by atoms with Crippen molar-refractivity contribution in [1.29, 1.82) is 5.41 Å². The second-order valence-electron chi connectivity index (χ2n) is 8.75. The number of halogens is 2. The fourth-order valence-corrected chi connectivity index (χ4v) is 4.68. The molecule has 202 valence electrons. The zero-order valence-electron chi connectivity index (χ0n) is 21.3. The van der Waals surface area contributed by atoms with Gasteiger partial charge in [0, 0.05) is 46.9 Å². The van der Waals surface area contributed by atoms with Crippen LogP contribution >= 0.6 is 23.2 Å². The van der Waals surface area contributed by atoms with Gasteiger partial charge in [0.2, 0.25) is 0 Å². The van der Waals surface area contributed by atoms with Crippen LogP contribution in [0.15, 0.2) is 96.1 Å². The molecular weight excluding hydrogens is 551 g/mol. The van der Waals surface area contributed by atoms with Gasteiger partial charge in [0.05, 0.1) is 25.0 Å². The quantitative estimate of drug-likeness (QED) is 0.137. The number of furan rings is 1. The average Bonchev–Trinajstić information content (AvgIpc) is 3.66. The molecule has 3 N–H and O–H groups in total. The number of hydrogen-bond acceptors (Lipinski definition) is 6. The molecule has 5 rings (SSSR count). The number of carbonyl (C=O) groups is 1. The van der Waals surface area contributed by atoms with E-state index in [9.17, 15) is 4.79 Å². The molecule has 0 fully saturated rings. The molecular formula is C29H24Cl2N6O3. The Kier molecular flexibility index (Phi) is 8.14. The molecule has 0 aliphatic rings. The lowest BCUT2D eigenvalue weighted by molar-refractivity contribution is 0.0905. The van der Waals surface area contributed by atoms with Crippen molar-refractivity contribution in [2.24, 2.45) is 0 Å². The summed E-state index contributed by atoms with van der Waals surface area (Å²) in [6, 6.07) is 18.7. The minimum absolute atomic E-state index is 0.122. The van der Waals surface area contributed by atoms with Gasteiger partial charge in [-0.15, -0.1) is 0 Å². The Morgan fingerprint density at radius 2 is 1.98 bits per heavy atom. The third kappa shape index (κ3) is 6.17. The summed E-state index contributed by atoms with van der Waals surface area (Å²) in [4.78, 5) is 21.5. The Morgan fingerprint density at radius 1 is 1.10 bits per heavy atom. The molecule has 5 aromatic rings. The molecule has 40 heavy (non-hydrogen) atoms. The van der Waals surface area contributed by atoms with Gasteiger partial charge in [-0.05, 0) is 54.1 Å². The van der Waals surface area contributed by atoms with Gasteiger partial charge in [-0.3, -0.25) is 15.2 Å². The highest BCUT2D eigenvalue weighted by Gasteiger charge is 2.22. The number of anilines is 1. The molecule has 0 spiro atoms. The van der Waals surface area contributed by atoms with Gasteiger partial charge in [0.25, 0.3) is 5.91 Å². The van der Waals surface area contributed by atoms with E-state index >= 15 is 0 Å². The molecule has 0 aliphatic carbocycles. The number of rotatable bonds is 9. The lowest BCUT2D eigenvalue weighted by atomic mass is 10.1. The largest absolute Gasteiger partial charge is 0.496 e. The van der Waals surface area contributed by atoms with Crippen LogP contribution in [0.3, 0.4) is 0 Å². The summed E-state index contributed by atoms with van der Waals surface area (Å²) in [6.07, 6.45) is 6.76. The molecule has 3 aromatic heterocycles. The van der Waals surface area contributed by atoms with Crippen LogP contribution in [-0.2, 0) is 6.54 Å². The molecule has 0 bridgehead atoms. The minimum Gasteiger partial charge on any atom is -0.496 e. The van der Waals surface area contributed by atoms with Crippen LogP contribution in [0.25, 0.3) is 11.3 Å². The Hall–Kier alpha value is -4.60. The van der Waals surface area contributed by atoms with Gasteiger partial charge in [0.1, 0.15) is 23.0 Å². The SMILES string of the molecule is COc1cc(NC(=N)c2ccccn2)ccc1-c1ccc(C(=O)N[C@@H](Cn2ccnc2)c2ccc(Cl)cc2Cl)o1. The maximum absolute atomic E-state index is 13.3. The number of amides is 1. The zero-order chi connectivity index (χ0) is 28.1. The molecule has 0 saturated carbocycles. The van der Waals surface area contributed by atoms with Crippen LogP contribution < -0.4 is 15.4 Å². The maximum atomic E-state index is 13.3. The van der Waals surface area contributed by atoms with Crippen LogP contribution in [0.1, 0.15) is 27.9 Å². The summed E-state index contributed by atoms with van der Waals surface area (Å²) < 4.78 is 13.4. The Labute approximate surface area is 240 Å². The normalized spacial score (nSPS) is 11.6. The maximum Gasteiger partial charge on any atom is 0.287 e. The number of methoxy groups -OCH3 is 1. The van der Waals surface area contributed by atoms with E-state index in [0.717, 1.165) is 0 Å². The molecule has 9 nitrogen and oxygen atoms in total. The van der Waals surface area contributed by atoms with E-state index in [1.807, 2.05) is 10.6 Å². The molecule has 0 unspecified atom stereocenters. The predicted octanol–water partition coefficient (Wildman–Crippen LogP) is 6.46. The lowest BCUT2D eigenvalue weighted by Crippen LogP contribution is -2.31. The highest BCUT2D eigenvalue weighted by Crippen LogP contribution is 2.34. The summed E-state index contributed by atoms with van der Waals surface area (Å²) in [5.41, 5.74) is 2.51. The van der Waals surface area contributed by atoms with Crippen LogP contribution in [0.4, 0.5) is 5.69 Å². The van der Waals surface area contributed by atoms with Gasteiger partial charge in [0.15, 0.2) is 5.76 Å². The highest BCUT2D eigenvalue weighted by molar-refractivity contribution is 6.35. The van der Waals surface area contributed by atoms with Gasteiger partial charge in [-0.1, -0.05) is 35.3 Å². The van der Waals surface area contributed by atoms with E-state index in [2.05, 4.69) is 20.6 Å². The number of imidazole rings is 1. The van der Waals surface area contributed by atoms with Crippen molar-refractivity contribution in [2.45, 2.75) is 12.6 Å². The summed E-state index contributed by atoms with van der Waals surface area (Å²) in [6.45, 7) is 0.399. The summed E-state index contributed by atoms with van der Waals surface area (Å²) >= 11 is 12.6. The molecule has 3 heterocycles. The molecule has 2 aromatic carbocycles. The number of nitrogens with zero attached hydrogens (tertiary/aromatic N) is 3. The first-order valence-corrected chi connectivity index (χ1v) is 12.9. The number of amidine groups is 1. The van der Waals surface area contributed by atoms with Gasteiger partial charge in [-0.25, -0.2) is 4.98 Å². The predicted molar refractivity (Wildman–Crippen MR) is 154 cm³/mol. The summed E-state index contributed by atoms with van der Waals surface area (Å²) in [7, 11) is 1.54. The lowest BCUT2D eigenvalue weighted by Gasteiger charge is -2.20. The highest BCUT2D eigenvalue weighted by atomic mass is 35.5. The Bertz CT molecular complexity index is 1640. The monoisotopic (exact) mass is 574 g/mol. The third-order valence-electron chi connectivity index (χ3n) is 6.08. The zero-order valence-corrected chi connectivity index (χ0v) is 22.8. The van der Waals surface area contributed by atoms with Crippen LogP contribution in [0, 0.1) is 5.41 Å². The molecule has 0 aliphatic heterocycles. The molecule has 0 saturated heterocycles. The first kappa shape index (κ1) is 27.0. The number of hydrogen-bond donors (Lipinski definition) is 3. The summed E-state index contributed by atoms with van der Waals surface area (Å²) in [5.74, 6) is 0.814. The number of nitrogens with one attached hydrogen (secondary N) is 3. The Morgan fingerprint density at radius 3 is 2.70 bits per heavy atom. The van der Waals surface area contributed by atoms with Crippen molar-refractivity contribution < 1.29 is 13.9 Å². The van der Waals surface area contributed by atoms with Gasteiger partial charge >= 0.3 is 0 Å². The van der Waals surface area contributed by atoms with E-state index in [-0.39, 0.29) is 11.6 Å². The number of pyridine rings is 1. The first-order valence-electron chi connectivity index (χ1n) is 12.2. The molecule has 0 radical (unpaired) electrons. The van der Waals surface area contributed by atoms with Gasteiger partial charge < -0.3 is 24.4 Å². The van der Waals surface area contributed by atoms with Crippen molar-refractivity contribution in [2.75, 3.05) is 12.4 Å². The number of carbonyl (C=O) groups excluding carboxylic acids is 1. The average molecular weight is 575 g/mol. The minimum atomic E-state index is -0.477. The van der Waals surface area contributed by atoms with Crippen molar-refractivity contribution >= 4 is 40.6 Å². The van der Waals surface area contributed by atoms with Gasteiger partial charge in [-0.2, -0.15) is 0 Å². The second kappa shape index (κ2) is 12.1. The molecule has 1 amide bonds. The standard InChI is InChI=1S/C29H24Cl2N6O3/c1-39-27-15-19(35-28(32)23-4-2-3-11-34-23)6-8-21(27)25-9-10-26(40-25)29(38)36-24(16-37-13-12-33-17-37)20-7-5-18(30)14-22(20)31/h2-15,17,24H,16H2,1H3,(H2,32,35)(H,36,38)/t24-/m0/s1. The molecule has 11 heteroatoms. The smallest absolute Gasteiger partial charge is 0.287 e. The van der Waals surface area contributed by atoms with Crippen LogP contribution in [-0.4, -0.2) is 33.4 Å². The van der Waals surface area contributed by atoms with E-state index < -0.39 is 11.9 Å². The van der Waals surface area contributed by atoms with E-state index in [1.54, 1.807) is 92.7 Å². The fraction of sp³-hybridized carbons (Fsp3) is 0.103. The van der Waals surface area contributed by atoms with E-state index in [4.69, 9.17) is 37.8 Å². The summed E-state index contributed by atoms with van der Waals surface area (Å²) in [5, 5.41) is 15.2. The van der Waals surface area contributed by atoms with Crippen molar-refractivity contribution in [3.63, 3.8) is 0 Å².